The predicted octanol–water partition coefficient (Wildman–Crippen LogP) is 3.23. The third kappa shape index (κ3) is 4.56. The first-order valence-corrected chi connectivity index (χ1v) is 7.93. The van der Waals surface area contributed by atoms with Crippen molar-refractivity contribution in [3.8, 4) is 5.75 Å². The van der Waals surface area contributed by atoms with Crippen LogP contribution in [0.2, 0.25) is 0 Å². The van der Waals surface area contributed by atoms with Crippen LogP contribution in [0.5, 0.6) is 5.75 Å². The molecule has 132 valence electrons. The molecular weight excluding hydrogens is 323 g/mol. The molecular formula is C19H21FN2O3. The molecule has 0 unspecified atom stereocenters. The van der Waals surface area contributed by atoms with Crippen molar-refractivity contribution < 1.29 is 18.7 Å². The first-order valence-electron chi connectivity index (χ1n) is 7.93. The summed E-state index contributed by atoms with van der Waals surface area (Å²) in [6, 6.07) is 11.8. The monoisotopic (exact) mass is 344 g/mol. The first-order chi connectivity index (χ1) is 11.9. The maximum Gasteiger partial charge on any atom is 0.254 e. The second kappa shape index (κ2) is 8.28. The minimum absolute atomic E-state index is 0.0989. The van der Waals surface area contributed by atoms with Crippen molar-refractivity contribution in [3.05, 3.63) is 59.9 Å². The summed E-state index contributed by atoms with van der Waals surface area (Å²) >= 11 is 0. The van der Waals surface area contributed by atoms with Gasteiger partial charge in [-0.1, -0.05) is 38.1 Å². The number of carbonyl (C=O) groups excluding carboxylic acids is 2. The number of anilines is 1. The van der Waals surface area contributed by atoms with Crippen LogP contribution in [0.3, 0.4) is 0 Å². The van der Waals surface area contributed by atoms with E-state index in [1.165, 1.54) is 25.3 Å². The molecule has 6 heteroatoms. The Morgan fingerprint density at radius 2 is 1.68 bits per heavy atom. The second-order valence-electron chi connectivity index (χ2n) is 5.86. The zero-order valence-corrected chi connectivity index (χ0v) is 14.4. The van der Waals surface area contributed by atoms with Crippen molar-refractivity contribution in [2.45, 2.75) is 19.9 Å². The maximum absolute atomic E-state index is 13.8. The maximum atomic E-state index is 13.8. The zero-order valence-electron chi connectivity index (χ0n) is 14.4. The number of methoxy groups -OCH3 is 1. The largest absolute Gasteiger partial charge is 0.495 e. The van der Waals surface area contributed by atoms with Crippen molar-refractivity contribution in [3.63, 3.8) is 0 Å². The summed E-state index contributed by atoms with van der Waals surface area (Å²) < 4.78 is 19.0. The van der Waals surface area contributed by atoms with E-state index in [2.05, 4.69) is 10.6 Å². The summed E-state index contributed by atoms with van der Waals surface area (Å²) in [4.78, 5) is 24.9. The fourth-order valence-corrected chi connectivity index (χ4v) is 2.36. The normalized spacial score (nSPS) is 11.7. The highest BCUT2D eigenvalue weighted by Crippen LogP contribution is 2.23. The van der Waals surface area contributed by atoms with Crippen molar-refractivity contribution >= 4 is 17.5 Å². The molecule has 0 heterocycles. The smallest absolute Gasteiger partial charge is 0.254 e. The highest BCUT2D eigenvalue weighted by molar-refractivity contribution is 6.01. The Balaban J connectivity index is 2.16. The number of para-hydroxylation sites is 2. The molecule has 0 aromatic heterocycles. The van der Waals surface area contributed by atoms with Crippen LogP contribution in [0.15, 0.2) is 48.5 Å². The molecule has 0 bridgehead atoms. The summed E-state index contributed by atoms with van der Waals surface area (Å²) in [5, 5.41) is 5.34. The number of rotatable bonds is 6. The molecule has 0 fully saturated rings. The van der Waals surface area contributed by atoms with Gasteiger partial charge in [0.05, 0.1) is 18.4 Å². The Bertz CT molecular complexity index is 762. The van der Waals surface area contributed by atoms with E-state index in [0.29, 0.717) is 11.4 Å². The molecule has 2 aromatic carbocycles. The Morgan fingerprint density at radius 3 is 2.32 bits per heavy atom. The lowest BCUT2D eigenvalue weighted by Crippen LogP contribution is -2.47. The van der Waals surface area contributed by atoms with Gasteiger partial charge in [-0.2, -0.15) is 0 Å². The van der Waals surface area contributed by atoms with Crippen LogP contribution in [0, 0.1) is 11.7 Å². The van der Waals surface area contributed by atoms with Crippen LogP contribution >= 0.6 is 0 Å². The highest BCUT2D eigenvalue weighted by atomic mass is 19.1. The quantitative estimate of drug-likeness (QED) is 0.845. The lowest BCUT2D eigenvalue weighted by atomic mass is 10.0. The molecule has 0 aliphatic heterocycles. The van der Waals surface area contributed by atoms with Crippen molar-refractivity contribution in [1.29, 1.82) is 0 Å². The fourth-order valence-electron chi connectivity index (χ4n) is 2.36. The molecule has 0 aliphatic carbocycles. The average molecular weight is 344 g/mol. The molecule has 25 heavy (non-hydrogen) atoms. The number of carbonyl (C=O) groups is 2. The molecule has 0 saturated heterocycles. The number of benzene rings is 2. The van der Waals surface area contributed by atoms with Gasteiger partial charge in [0.1, 0.15) is 17.6 Å². The minimum atomic E-state index is -0.822. The SMILES string of the molecule is COc1ccccc1NC(=O)[C@H](NC(=O)c1ccccc1F)C(C)C. The number of ether oxygens (including phenoxy) is 1. The Morgan fingerprint density at radius 1 is 1.04 bits per heavy atom. The summed E-state index contributed by atoms with van der Waals surface area (Å²) in [5.74, 6) is -1.34. The van der Waals surface area contributed by atoms with E-state index in [4.69, 9.17) is 4.74 Å². The van der Waals surface area contributed by atoms with Crippen molar-refractivity contribution in [2.24, 2.45) is 5.92 Å². The number of nitrogens with one attached hydrogen (secondary N) is 2. The van der Waals surface area contributed by atoms with Gasteiger partial charge in [-0.3, -0.25) is 9.59 Å². The van der Waals surface area contributed by atoms with Gasteiger partial charge in [0.2, 0.25) is 5.91 Å². The van der Waals surface area contributed by atoms with Crippen LogP contribution in [0.25, 0.3) is 0 Å². The molecule has 2 N–H and O–H groups in total. The highest BCUT2D eigenvalue weighted by Gasteiger charge is 2.26. The van der Waals surface area contributed by atoms with Crippen LogP contribution in [0.4, 0.5) is 10.1 Å². The van der Waals surface area contributed by atoms with E-state index < -0.39 is 23.7 Å². The molecule has 5 nitrogen and oxygen atoms in total. The van der Waals surface area contributed by atoms with Crippen molar-refractivity contribution in [1.82, 2.24) is 5.32 Å². The second-order valence-corrected chi connectivity index (χ2v) is 5.86. The molecule has 0 radical (unpaired) electrons. The Kier molecular flexibility index (Phi) is 6.11. The van der Waals surface area contributed by atoms with Gasteiger partial charge in [0.25, 0.3) is 5.91 Å². The van der Waals surface area contributed by atoms with E-state index in [1.54, 1.807) is 44.2 Å². The summed E-state index contributed by atoms with van der Waals surface area (Å²) in [6.07, 6.45) is 0. The van der Waals surface area contributed by atoms with E-state index in [9.17, 15) is 14.0 Å². The van der Waals surface area contributed by atoms with Gasteiger partial charge < -0.3 is 15.4 Å². The summed E-state index contributed by atoms with van der Waals surface area (Å²) in [5.41, 5.74) is 0.402. The van der Waals surface area contributed by atoms with E-state index in [1.807, 2.05) is 0 Å². The Labute approximate surface area is 146 Å². The van der Waals surface area contributed by atoms with Gasteiger partial charge in [-0.25, -0.2) is 4.39 Å². The fraction of sp³-hybridized carbons (Fsp3) is 0.263. The standard InChI is InChI=1S/C19H21FN2O3/c1-12(2)17(22-18(23)13-8-4-5-9-14(13)20)19(24)21-15-10-6-7-11-16(15)25-3/h4-12,17H,1-3H3,(H,21,24)(H,22,23)/t17-/m1/s1. The van der Waals surface area contributed by atoms with Gasteiger partial charge in [-0.05, 0) is 30.2 Å². The number of amides is 2. The van der Waals surface area contributed by atoms with Crippen LogP contribution in [0.1, 0.15) is 24.2 Å². The third-order valence-corrected chi connectivity index (χ3v) is 3.72. The number of halogens is 1. The number of hydrogen-bond donors (Lipinski definition) is 2. The summed E-state index contributed by atoms with van der Waals surface area (Å²) in [6.45, 7) is 3.60. The molecule has 0 spiro atoms. The lowest BCUT2D eigenvalue weighted by Gasteiger charge is -2.22. The molecule has 0 saturated carbocycles. The van der Waals surface area contributed by atoms with Crippen LogP contribution < -0.4 is 15.4 Å². The van der Waals surface area contributed by atoms with Gasteiger partial charge >= 0.3 is 0 Å². The molecule has 2 aromatic rings. The van der Waals surface area contributed by atoms with Crippen molar-refractivity contribution in [2.75, 3.05) is 12.4 Å². The molecule has 2 rings (SSSR count). The van der Waals surface area contributed by atoms with Crippen LogP contribution in [-0.2, 0) is 4.79 Å². The molecule has 2 amide bonds. The lowest BCUT2D eigenvalue weighted by molar-refractivity contribution is -0.118. The summed E-state index contributed by atoms with van der Waals surface area (Å²) in [7, 11) is 1.50. The predicted molar refractivity (Wildman–Crippen MR) is 94.1 cm³/mol. The van der Waals surface area contributed by atoms with E-state index in [0.717, 1.165) is 0 Å². The van der Waals surface area contributed by atoms with E-state index >= 15 is 0 Å². The molecule has 0 aliphatic rings. The first kappa shape index (κ1) is 18.4. The average Bonchev–Trinajstić information content (AvgIpc) is 2.60. The van der Waals surface area contributed by atoms with Crippen LogP contribution in [-0.4, -0.2) is 25.0 Å². The Hall–Kier alpha value is -2.89. The van der Waals surface area contributed by atoms with Gasteiger partial charge in [-0.15, -0.1) is 0 Å². The van der Waals surface area contributed by atoms with E-state index in [-0.39, 0.29) is 11.5 Å². The van der Waals surface area contributed by atoms with Gasteiger partial charge in [0, 0.05) is 0 Å². The van der Waals surface area contributed by atoms with Gasteiger partial charge in [0.15, 0.2) is 0 Å². The third-order valence-electron chi connectivity index (χ3n) is 3.72. The topological polar surface area (TPSA) is 67.4 Å². The zero-order chi connectivity index (χ0) is 18.4. The minimum Gasteiger partial charge on any atom is -0.495 e. The number of hydrogen-bond acceptors (Lipinski definition) is 3. The molecule has 1 atom stereocenters.